The third kappa shape index (κ3) is 4.26. The zero-order valence-corrected chi connectivity index (χ0v) is 14.4. The molecule has 2 N–H and O–H groups in total. The number of piperidine rings is 1. The normalized spacial score (nSPS) is 24.5. The monoisotopic (exact) mass is 353 g/mol. The quantitative estimate of drug-likeness (QED) is 0.871. The number of benzene rings is 1. The summed E-state index contributed by atoms with van der Waals surface area (Å²) in [6.45, 7) is 1.98. The number of carbonyl (C=O) groups is 2. The molecule has 0 aromatic heterocycles. The van der Waals surface area contributed by atoms with Gasteiger partial charge >= 0.3 is 0 Å². The fourth-order valence-electron chi connectivity index (χ4n) is 3.21. The molecule has 132 valence electrons. The van der Waals surface area contributed by atoms with E-state index in [1.165, 1.54) is 0 Å². The minimum Gasteiger partial charge on any atom is -0.369 e. The molecule has 0 radical (unpaired) electrons. The molecule has 0 aliphatic carbocycles. The maximum Gasteiger partial charge on any atom is 0.249 e. The van der Waals surface area contributed by atoms with Crippen LogP contribution >= 0.6 is 12.4 Å². The van der Waals surface area contributed by atoms with Gasteiger partial charge in [0.15, 0.2) is 0 Å². The van der Waals surface area contributed by atoms with Gasteiger partial charge in [-0.15, -0.1) is 12.4 Å². The van der Waals surface area contributed by atoms with Gasteiger partial charge in [-0.1, -0.05) is 30.3 Å². The van der Waals surface area contributed by atoms with Crippen molar-refractivity contribution in [1.82, 2.24) is 9.80 Å². The highest BCUT2D eigenvalue weighted by molar-refractivity contribution is 5.89. The number of likely N-dealkylation sites (tertiary alicyclic amines) is 1. The lowest BCUT2D eigenvalue weighted by Gasteiger charge is -2.39. The molecule has 0 spiro atoms. The van der Waals surface area contributed by atoms with E-state index in [1.807, 2.05) is 30.3 Å². The number of rotatable bonds is 3. The number of nitrogens with two attached hydrogens (primary N) is 1. The van der Waals surface area contributed by atoms with E-state index in [9.17, 15) is 9.59 Å². The van der Waals surface area contributed by atoms with Crippen molar-refractivity contribution < 1.29 is 14.3 Å². The van der Waals surface area contributed by atoms with Gasteiger partial charge in [-0.3, -0.25) is 9.59 Å². The van der Waals surface area contributed by atoms with Crippen LogP contribution < -0.4 is 5.73 Å². The molecule has 0 bridgehead atoms. The zero-order valence-electron chi connectivity index (χ0n) is 13.6. The fourth-order valence-corrected chi connectivity index (χ4v) is 3.21. The Kier molecular flexibility index (Phi) is 6.60. The van der Waals surface area contributed by atoms with Gasteiger partial charge in [-0.05, 0) is 18.4 Å². The van der Waals surface area contributed by atoms with E-state index >= 15 is 0 Å². The van der Waals surface area contributed by atoms with E-state index in [4.69, 9.17) is 10.5 Å². The van der Waals surface area contributed by atoms with Crippen LogP contribution in [0.1, 0.15) is 18.4 Å². The van der Waals surface area contributed by atoms with Crippen molar-refractivity contribution in [2.75, 3.05) is 26.3 Å². The Morgan fingerprint density at radius 3 is 2.75 bits per heavy atom. The van der Waals surface area contributed by atoms with Gasteiger partial charge in [0, 0.05) is 25.7 Å². The number of amides is 2. The number of nitrogens with zero attached hydrogens (tertiary/aromatic N) is 2. The largest absolute Gasteiger partial charge is 0.369 e. The third-order valence-corrected chi connectivity index (χ3v) is 4.45. The highest BCUT2D eigenvalue weighted by Gasteiger charge is 2.37. The van der Waals surface area contributed by atoms with Crippen molar-refractivity contribution in [3.05, 3.63) is 35.9 Å². The predicted octanol–water partition coefficient (Wildman–Crippen LogP) is 0.786. The van der Waals surface area contributed by atoms with E-state index in [1.54, 1.807) is 9.80 Å². The summed E-state index contributed by atoms with van der Waals surface area (Å²) in [5.41, 5.74) is 6.98. The van der Waals surface area contributed by atoms with Crippen molar-refractivity contribution >= 4 is 24.2 Å². The van der Waals surface area contributed by atoms with Crippen molar-refractivity contribution in [2.24, 2.45) is 5.73 Å². The first-order valence-electron chi connectivity index (χ1n) is 8.10. The van der Waals surface area contributed by atoms with E-state index in [-0.39, 0.29) is 43.5 Å². The number of hydrogen-bond donors (Lipinski definition) is 1. The topological polar surface area (TPSA) is 75.9 Å². The molecule has 2 aliphatic rings. The van der Waals surface area contributed by atoms with Gasteiger partial charge in [-0.2, -0.15) is 0 Å². The Hall–Kier alpha value is -1.63. The number of morpholine rings is 1. The van der Waals surface area contributed by atoms with Crippen LogP contribution in [0.3, 0.4) is 0 Å². The second kappa shape index (κ2) is 8.46. The lowest BCUT2D eigenvalue weighted by Crippen LogP contribution is -2.59. The maximum atomic E-state index is 12.8. The highest BCUT2D eigenvalue weighted by atomic mass is 35.5. The van der Waals surface area contributed by atoms with Crippen LogP contribution in [0.25, 0.3) is 0 Å². The van der Waals surface area contributed by atoms with Gasteiger partial charge in [0.2, 0.25) is 11.8 Å². The van der Waals surface area contributed by atoms with Crippen LogP contribution in [0.4, 0.5) is 0 Å². The summed E-state index contributed by atoms with van der Waals surface area (Å²) >= 11 is 0. The SMILES string of the molecule is Cl.NC1CCCN(C(=O)[C@H]2COCC(=O)N2Cc2ccccc2)C1. The average molecular weight is 354 g/mol. The first-order valence-corrected chi connectivity index (χ1v) is 8.10. The molecule has 2 atom stereocenters. The molecule has 2 fully saturated rings. The summed E-state index contributed by atoms with van der Waals surface area (Å²) in [4.78, 5) is 28.5. The molecule has 1 unspecified atom stereocenters. The highest BCUT2D eigenvalue weighted by Crippen LogP contribution is 2.18. The van der Waals surface area contributed by atoms with Gasteiger partial charge in [0.25, 0.3) is 0 Å². The van der Waals surface area contributed by atoms with Gasteiger partial charge in [0.1, 0.15) is 12.6 Å². The van der Waals surface area contributed by atoms with Gasteiger partial charge < -0.3 is 20.3 Å². The molecule has 1 aromatic rings. The number of ether oxygens (including phenoxy) is 1. The summed E-state index contributed by atoms with van der Waals surface area (Å²) in [5.74, 6) is -0.191. The first kappa shape index (κ1) is 18.7. The Morgan fingerprint density at radius 2 is 2.04 bits per heavy atom. The smallest absolute Gasteiger partial charge is 0.249 e. The summed E-state index contributed by atoms with van der Waals surface area (Å²) in [7, 11) is 0. The van der Waals surface area contributed by atoms with E-state index in [2.05, 4.69) is 0 Å². The van der Waals surface area contributed by atoms with Gasteiger partial charge in [0.05, 0.1) is 6.61 Å². The van der Waals surface area contributed by atoms with Crippen LogP contribution in [0.2, 0.25) is 0 Å². The average Bonchev–Trinajstić information content (AvgIpc) is 2.57. The molecule has 2 aliphatic heterocycles. The molecule has 6 nitrogen and oxygen atoms in total. The summed E-state index contributed by atoms with van der Waals surface area (Å²) in [6.07, 6.45) is 1.85. The second-order valence-electron chi connectivity index (χ2n) is 6.22. The number of hydrogen-bond acceptors (Lipinski definition) is 4. The minimum absolute atomic E-state index is 0. The van der Waals surface area contributed by atoms with Crippen LogP contribution in [0.15, 0.2) is 30.3 Å². The maximum absolute atomic E-state index is 12.8. The molecule has 0 saturated carbocycles. The first-order chi connectivity index (χ1) is 11.1. The zero-order chi connectivity index (χ0) is 16.2. The Bertz CT molecular complexity index is 569. The Balaban J connectivity index is 0.00000208. The number of halogens is 1. The van der Waals surface area contributed by atoms with E-state index < -0.39 is 6.04 Å². The number of carbonyl (C=O) groups excluding carboxylic acids is 2. The molecule has 3 rings (SSSR count). The molecule has 2 amide bonds. The van der Waals surface area contributed by atoms with Crippen LogP contribution in [0.5, 0.6) is 0 Å². The van der Waals surface area contributed by atoms with Crippen LogP contribution in [-0.4, -0.2) is 60.0 Å². The van der Waals surface area contributed by atoms with Crippen molar-refractivity contribution in [3.63, 3.8) is 0 Å². The molecule has 2 saturated heterocycles. The van der Waals surface area contributed by atoms with Crippen LogP contribution in [-0.2, 0) is 20.9 Å². The minimum atomic E-state index is -0.554. The predicted molar refractivity (Wildman–Crippen MR) is 92.6 cm³/mol. The lowest BCUT2D eigenvalue weighted by atomic mass is 10.0. The van der Waals surface area contributed by atoms with Gasteiger partial charge in [-0.25, -0.2) is 0 Å². The molecule has 7 heteroatoms. The molecule has 2 heterocycles. The Labute approximate surface area is 148 Å². The molecular formula is C17H24ClN3O3. The van der Waals surface area contributed by atoms with E-state index in [0.29, 0.717) is 19.6 Å². The standard InChI is InChI=1S/C17H23N3O3.ClH/c18-14-7-4-8-19(10-14)17(22)15-11-23-12-16(21)20(15)9-13-5-2-1-3-6-13;/h1-3,5-6,14-15H,4,7-12,18H2;1H/t14?,15-;/m1./s1. The fraction of sp³-hybridized carbons (Fsp3) is 0.529. The van der Waals surface area contributed by atoms with Crippen molar-refractivity contribution in [2.45, 2.75) is 31.5 Å². The third-order valence-electron chi connectivity index (χ3n) is 4.45. The summed E-state index contributed by atoms with van der Waals surface area (Å²) < 4.78 is 5.33. The van der Waals surface area contributed by atoms with Crippen molar-refractivity contribution in [3.8, 4) is 0 Å². The van der Waals surface area contributed by atoms with E-state index in [0.717, 1.165) is 18.4 Å². The van der Waals surface area contributed by atoms with Crippen LogP contribution in [0, 0.1) is 0 Å². The molecule has 1 aromatic carbocycles. The molecular weight excluding hydrogens is 330 g/mol. The molecule has 24 heavy (non-hydrogen) atoms. The Morgan fingerprint density at radius 1 is 1.29 bits per heavy atom. The summed E-state index contributed by atoms with van der Waals surface area (Å²) in [6, 6.07) is 9.18. The lowest BCUT2D eigenvalue weighted by molar-refractivity contribution is -0.160. The summed E-state index contributed by atoms with van der Waals surface area (Å²) in [5, 5.41) is 0. The second-order valence-corrected chi connectivity index (χ2v) is 6.22. The van der Waals surface area contributed by atoms with Crippen molar-refractivity contribution in [1.29, 1.82) is 0 Å².